The highest BCUT2D eigenvalue weighted by atomic mass is 19.1. The summed E-state index contributed by atoms with van der Waals surface area (Å²) in [4.78, 5) is 0. The number of hydrogen-bond acceptors (Lipinski definition) is 3. The van der Waals surface area contributed by atoms with Crippen LogP contribution in [0.5, 0.6) is 0 Å². The molecular weight excluding hydrogens is 303 g/mol. The molecule has 0 radical (unpaired) electrons. The predicted molar refractivity (Wildman–Crippen MR) is 88.4 cm³/mol. The molecule has 0 bridgehead atoms. The van der Waals surface area contributed by atoms with Crippen LogP contribution in [0.4, 0.5) is 4.39 Å². The van der Waals surface area contributed by atoms with Crippen LogP contribution < -0.4 is 0 Å². The van der Waals surface area contributed by atoms with Gasteiger partial charge in [-0.15, -0.1) is 5.10 Å². The summed E-state index contributed by atoms with van der Waals surface area (Å²) in [6.07, 6.45) is 3.55. The van der Waals surface area contributed by atoms with Crippen LogP contribution in [0.3, 0.4) is 0 Å². The van der Waals surface area contributed by atoms with Crippen LogP contribution in [-0.4, -0.2) is 15.4 Å². The second kappa shape index (κ2) is 5.89. The van der Waals surface area contributed by atoms with Crippen molar-refractivity contribution in [1.82, 2.24) is 15.4 Å². The fourth-order valence-corrected chi connectivity index (χ4v) is 2.92. The molecule has 1 saturated carbocycles. The second-order valence-corrected chi connectivity index (χ2v) is 6.22. The second-order valence-electron chi connectivity index (χ2n) is 6.22. The summed E-state index contributed by atoms with van der Waals surface area (Å²) in [5.74, 6) is 0.491. The minimum Gasteiger partial charge on any atom is -0.247 e. The molecule has 1 aliphatic carbocycles. The number of benzene rings is 2. The van der Waals surface area contributed by atoms with Gasteiger partial charge >= 0.3 is 0 Å². The highest BCUT2D eigenvalue weighted by Gasteiger charge is 2.22. The first kappa shape index (κ1) is 14.6. The molecule has 2 aromatic carbocycles. The lowest BCUT2D eigenvalue weighted by molar-refractivity contribution is 0.628. The smallest absolute Gasteiger partial charge is 0.163 e. The van der Waals surface area contributed by atoms with Crippen LogP contribution in [0.2, 0.25) is 0 Å². The zero-order chi connectivity index (χ0) is 16.5. The molecule has 1 N–H and O–H groups in total. The van der Waals surface area contributed by atoms with E-state index in [0.29, 0.717) is 11.4 Å². The van der Waals surface area contributed by atoms with Crippen molar-refractivity contribution in [2.45, 2.75) is 19.3 Å². The van der Waals surface area contributed by atoms with Crippen molar-refractivity contribution >= 4 is 0 Å². The maximum Gasteiger partial charge on any atom is 0.163 e. The number of rotatable bonds is 4. The van der Waals surface area contributed by atoms with Gasteiger partial charge in [0.1, 0.15) is 17.6 Å². The van der Waals surface area contributed by atoms with Gasteiger partial charge in [-0.05, 0) is 66.1 Å². The number of halogens is 1. The van der Waals surface area contributed by atoms with Gasteiger partial charge in [0.25, 0.3) is 0 Å². The largest absolute Gasteiger partial charge is 0.247 e. The van der Waals surface area contributed by atoms with Crippen LogP contribution >= 0.6 is 0 Å². The normalized spacial score (nSPS) is 13.7. The number of nitrogens with zero attached hydrogens (tertiary/aromatic N) is 3. The molecule has 5 heteroatoms. The first-order chi connectivity index (χ1) is 11.7. The standard InChI is InChI=1S/C19H15FN4/c20-17-5-3-14(4-6-17)15-8-13(7-12-1-2-12)9-16(10-15)19-18(11-21)22-24-23-19/h3-6,8-10,12H,1-2,7H2,(H,22,23,24). The Morgan fingerprint density at radius 3 is 2.54 bits per heavy atom. The molecule has 0 spiro atoms. The van der Waals surface area contributed by atoms with Gasteiger partial charge in [-0.25, -0.2) is 9.49 Å². The number of aromatic nitrogens is 3. The van der Waals surface area contributed by atoms with Gasteiger partial charge in [0.05, 0.1) is 0 Å². The van der Waals surface area contributed by atoms with Gasteiger partial charge in [-0.3, -0.25) is 0 Å². The number of hydrogen-bond donors (Lipinski definition) is 1. The Balaban J connectivity index is 1.82. The summed E-state index contributed by atoms with van der Waals surface area (Å²) < 4.78 is 13.2. The average Bonchev–Trinajstić information content (AvgIpc) is 3.27. The maximum absolute atomic E-state index is 13.2. The maximum atomic E-state index is 13.2. The Morgan fingerprint density at radius 2 is 1.83 bits per heavy atom. The van der Waals surface area contributed by atoms with Crippen molar-refractivity contribution in [2.24, 2.45) is 5.92 Å². The van der Waals surface area contributed by atoms with E-state index in [2.05, 4.69) is 33.6 Å². The van der Waals surface area contributed by atoms with Gasteiger partial charge < -0.3 is 0 Å². The van der Waals surface area contributed by atoms with Gasteiger partial charge in [-0.2, -0.15) is 5.26 Å². The number of aromatic amines is 1. The third-order valence-corrected chi connectivity index (χ3v) is 4.33. The van der Waals surface area contributed by atoms with Crippen LogP contribution in [0.25, 0.3) is 22.4 Å². The third kappa shape index (κ3) is 2.91. The van der Waals surface area contributed by atoms with Crippen molar-refractivity contribution in [3.8, 4) is 28.5 Å². The molecule has 0 atom stereocenters. The molecular formula is C19H15FN4. The molecule has 1 fully saturated rings. The third-order valence-electron chi connectivity index (χ3n) is 4.33. The van der Waals surface area contributed by atoms with E-state index in [9.17, 15) is 9.65 Å². The topological polar surface area (TPSA) is 65.4 Å². The summed E-state index contributed by atoms with van der Waals surface area (Å²) >= 11 is 0. The van der Waals surface area contributed by atoms with E-state index in [1.54, 1.807) is 12.1 Å². The SMILES string of the molecule is N#Cc1[nH]nnc1-c1cc(CC2CC2)cc(-c2ccc(F)cc2)c1. The Labute approximate surface area is 139 Å². The summed E-state index contributed by atoms with van der Waals surface area (Å²) in [5, 5.41) is 19.6. The van der Waals surface area contributed by atoms with Crippen molar-refractivity contribution in [1.29, 1.82) is 5.26 Å². The summed E-state index contributed by atoms with van der Waals surface area (Å²) in [6.45, 7) is 0. The number of H-pyrrole nitrogens is 1. The summed E-state index contributed by atoms with van der Waals surface area (Å²) in [6, 6.07) is 14.7. The molecule has 0 saturated heterocycles. The fraction of sp³-hybridized carbons (Fsp3) is 0.211. The Kier molecular flexibility index (Phi) is 3.58. The van der Waals surface area contributed by atoms with E-state index >= 15 is 0 Å². The molecule has 0 amide bonds. The lowest BCUT2D eigenvalue weighted by Crippen LogP contribution is -1.92. The molecule has 4 nitrogen and oxygen atoms in total. The van der Waals surface area contributed by atoms with E-state index in [4.69, 9.17) is 0 Å². The first-order valence-corrected chi connectivity index (χ1v) is 7.94. The number of nitriles is 1. The van der Waals surface area contributed by atoms with E-state index in [0.717, 1.165) is 29.0 Å². The lowest BCUT2D eigenvalue weighted by atomic mass is 9.95. The molecule has 1 aliphatic rings. The highest BCUT2D eigenvalue weighted by Crippen LogP contribution is 2.35. The molecule has 0 unspecified atom stereocenters. The minimum absolute atomic E-state index is 0.253. The minimum atomic E-state index is -0.253. The summed E-state index contributed by atoms with van der Waals surface area (Å²) in [7, 11) is 0. The van der Waals surface area contributed by atoms with E-state index in [1.807, 2.05) is 6.07 Å². The van der Waals surface area contributed by atoms with Crippen LogP contribution in [0.1, 0.15) is 24.1 Å². The van der Waals surface area contributed by atoms with Gasteiger partial charge in [0, 0.05) is 5.56 Å². The van der Waals surface area contributed by atoms with Crippen LogP contribution in [0.15, 0.2) is 42.5 Å². The number of nitrogens with one attached hydrogen (secondary N) is 1. The lowest BCUT2D eigenvalue weighted by Gasteiger charge is -2.09. The van der Waals surface area contributed by atoms with Crippen LogP contribution in [-0.2, 0) is 6.42 Å². The predicted octanol–water partition coefficient (Wildman–Crippen LogP) is 4.10. The molecule has 1 aromatic heterocycles. The molecule has 118 valence electrons. The molecule has 1 heterocycles. The Hall–Kier alpha value is -3.00. The molecule has 24 heavy (non-hydrogen) atoms. The first-order valence-electron chi connectivity index (χ1n) is 7.94. The molecule has 4 rings (SSSR count). The van der Waals surface area contributed by atoms with Crippen molar-refractivity contribution < 1.29 is 4.39 Å². The summed E-state index contributed by atoms with van der Waals surface area (Å²) in [5.41, 5.74) is 4.91. The van der Waals surface area contributed by atoms with Crippen molar-refractivity contribution in [2.75, 3.05) is 0 Å². The molecule has 0 aliphatic heterocycles. The highest BCUT2D eigenvalue weighted by molar-refractivity contribution is 5.74. The van der Waals surface area contributed by atoms with Crippen molar-refractivity contribution in [3.05, 3.63) is 59.5 Å². The zero-order valence-corrected chi connectivity index (χ0v) is 13.0. The monoisotopic (exact) mass is 318 g/mol. The molecule has 3 aromatic rings. The Bertz CT molecular complexity index is 917. The average molecular weight is 318 g/mol. The van der Waals surface area contributed by atoms with Gasteiger partial charge in [-0.1, -0.05) is 23.4 Å². The zero-order valence-electron chi connectivity index (χ0n) is 13.0. The van der Waals surface area contributed by atoms with E-state index < -0.39 is 0 Å². The fourth-order valence-electron chi connectivity index (χ4n) is 2.92. The van der Waals surface area contributed by atoms with E-state index in [1.165, 1.54) is 30.5 Å². The van der Waals surface area contributed by atoms with Crippen LogP contribution in [0, 0.1) is 23.1 Å². The van der Waals surface area contributed by atoms with Crippen molar-refractivity contribution in [3.63, 3.8) is 0 Å². The quantitative estimate of drug-likeness (QED) is 0.787. The van der Waals surface area contributed by atoms with E-state index in [-0.39, 0.29) is 5.82 Å². The van der Waals surface area contributed by atoms with Gasteiger partial charge in [0.2, 0.25) is 0 Å². The van der Waals surface area contributed by atoms with Gasteiger partial charge in [0.15, 0.2) is 5.69 Å². The Morgan fingerprint density at radius 1 is 1.08 bits per heavy atom.